The molecule has 0 aliphatic heterocycles. The number of phenolic OH excluding ortho intramolecular Hbond substituents is 2. The van der Waals surface area contributed by atoms with E-state index in [0.29, 0.717) is 11.4 Å². The summed E-state index contributed by atoms with van der Waals surface area (Å²) in [6.45, 7) is 2.00. The van der Waals surface area contributed by atoms with Crippen LogP contribution in [0.5, 0.6) is 11.5 Å². The minimum Gasteiger partial charge on any atom is -0.507 e. The highest BCUT2D eigenvalue weighted by Crippen LogP contribution is 2.35. The Kier molecular flexibility index (Phi) is 5.42. The minimum absolute atomic E-state index is 0.0593. The molecule has 2 aromatic heterocycles. The van der Waals surface area contributed by atoms with E-state index in [0.717, 1.165) is 11.6 Å². The van der Waals surface area contributed by atoms with Crippen molar-refractivity contribution in [2.24, 2.45) is 0 Å². The molecular weight excluding hydrogens is 412 g/mol. The van der Waals surface area contributed by atoms with Crippen molar-refractivity contribution in [1.29, 1.82) is 0 Å². The Labute approximate surface area is 182 Å². The van der Waals surface area contributed by atoms with Crippen molar-refractivity contribution in [3.8, 4) is 28.6 Å². The standard InChI is InChI=1S/C22H20N6O4/c1-13-6-3-4-8-17(13)28-20(25-26-22(28)32)15-10-16(19(30)11-18(15)29)21(31)27(2)12-14-7-5-9-23-24-14/h3-11,29-30H,12H2,1-2H3,(H,26,32). The van der Waals surface area contributed by atoms with Crippen molar-refractivity contribution in [2.75, 3.05) is 7.05 Å². The number of aromatic nitrogens is 5. The average Bonchev–Trinajstić information content (AvgIpc) is 3.15. The van der Waals surface area contributed by atoms with Gasteiger partial charge in [-0.25, -0.2) is 14.5 Å². The molecule has 10 heteroatoms. The van der Waals surface area contributed by atoms with Gasteiger partial charge >= 0.3 is 5.69 Å². The maximum absolute atomic E-state index is 13.0. The lowest BCUT2D eigenvalue weighted by Gasteiger charge is -2.18. The predicted octanol–water partition coefficient (Wildman–Crippen LogP) is 2.01. The predicted molar refractivity (Wildman–Crippen MR) is 116 cm³/mol. The monoisotopic (exact) mass is 432 g/mol. The van der Waals surface area contributed by atoms with Crippen LogP contribution in [0.1, 0.15) is 21.6 Å². The lowest BCUT2D eigenvalue weighted by molar-refractivity contribution is 0.0780. The highest BCUT2D eigenvalue weighted by molar-refractivity contribution is 5.98. The first kappa shape index (κ1) is 20.8. The summed E-state index contributed by atoms with van der Waals surface area (Å²) < 4.78 is 1.30. The molecule has 162 valence electrons. The first-order chi connectivity index (χ1) is 15.4. The molecule has 2 heterocycles. The highest BCUT2D eigenvalue weighted by atomic mass is 16.3. The summed E-state index contributed by atoms with van der Waals surface area (Å²) in [6.07, 6.45) is 1.53. The number of H-pyrrole nitrogens is 1. The number of carbonyl (C=O) groups is 1. The van der Waals surface area contributed by atoms with Gasteiger partial charge in [0, 0.05) is 19.3 Å². The molecule has 0 fully saturated rings. The number of carbonyl (C=O) groups excluding carboxylic acids is 1. The summed E-state index contributed by atoms with van der Waals surface area (Å²) in [4.78, 5) is 26.9. The van der Waals surface area contributed by atoms with Crippen molar-refractivity contribution in [2.45, 2.75) is 13.5 Å². The zero-order valence-corrected chi connectivity index (χ0v) is 17.4. The Morgan fingerprint density at radius 2 is 1.91 bits per heavy atom. The molecule has 0 spiro atoms. The lowest BCUT2D eigenvalue weighted by Crippen LogP contribution is -2.27. The SMILES string of the molecule is Cc1ccccc1-n1c(-c2cc(C(=O)N(C)Cc3cccnn3)c(O)cc2O)n[nH]c1=O. The number of hydrogen-bond acceptors (Lipinski definition) is 7. The molecule has 0 saturated carbocycles. The van der Waals surface area contributed by atoms with Crippen LogP contribution in [0.4, 0.5) is 0 Å². The van der Waals surface area contributed by atoms with E-state index in [1.165, 1.54) is 21.7 Å². The summed E-state index contributed by atoms with van der Waals surface area (Å²) in [6, 6.07) is 13.0. The second kappa shape index (κ2) is 8.34. The third-order valence-corrected chi connectivity index (χ3v) is 4.99. The Morgan fingerprint density at radius 3 is 2.62 bits per heavy atom. The first-order valence-electron chi connectivity index (χ1n) is 9.68. The van der Waals surface area contributed by atoms with Crippen molar-refractivity contribution in [3.63, 3.8) is 0 Å². The van der Waals surface area contributed by atoms with Gasteiger partial charge in [0.15, 0.2) is 5.82 Å². The molecule has 0 aliphatic carbocycles. The number of aryl methyl sites for hydroxylation is 1. The number of amides is 1. The van der Waals surface area contributed by atoms with Crippen LogP contribution in [0, 0.1) is 6.92 Å². The van der Waals surface area contributed by atoms with Gasteiger partial charge < -0.3 is 15.1 Å². The van der Waals surface area contributed by atoms with E-state index < -0.39 is 17.3 Å². The molecule has 4 aromatic rings. The molecule has 32 heavy (non-hydrogen) atoms. The molecule has 10 nitrogen and oxygen atoms in total. The van der Waals surface area contributed by atoms with Crippen molar-refractivity contribution in [1.82, 2.24) is 29.9 Å². The van der Waals surface area contributed by atoms with Gasteiger partial charge in [0.1, 0.15) is 11.5 Å². The van der Waals surface area contributed by atoms with Crippen LogP contribution in [-0.2, 0) is 6.54 Å². The summed E-state index contributed by atoms with van der Waals surface area (Å²) in [5, 5.41) is 35.0. The van der Waals surface area contributed by atoms with Gasteiger partial charge in [-0.2, -0.15) is 15.3 Å². The largest absolute Gasteiger partial charge is 0.507 e. The van der Waals surface area contributed by atoms with Gasteiger partial charge in [-0.1, -0.05) is 18.2 Å². The maximum atomic E-state index is 13.0. The first-order valence-corrected chi connectivity index (χ1v) is 9.68. The Hall–Kier alpha value is -4.47. The Balaban J connectivity index is 1.77. The molecule has 0 bridgehead atoms. The molecule has 3 N–H and O–H groups in total. The van der Waals surface area contributed by atoms with Crippen molar-refractivity contribution >= 4 is 5.91 Å². The van der Waals surface area contributed by atoms with Crippen molar-refractivity contribution < 1.29 is 15.0 Å². The molecule has 0 unspecified atom stereocenters. The van der Waals surface area contributed by atoms with Crippen LogP contribution in [0.15, 0.2) is 59.5 Å². The zero-order chi connectivity index (χ0) is 22.8. The number of benzene rings is 2. The van der Waals surface area contributed by atoms with Crippen LogP contribution in [0.3, 0.4) is 0 Å². The van der Waals surface area contributed by atoms with Crippen LogP contribution in [-0.4, -0.2) is 53.0 Å². The second-order valence-electron chi connectivity index (χ2n) is 7.24. The molecule has 4 rings (SSSR count). The number of nitrogens with zero attached hydrogens (tertiary/aromatic N) is 5. The third kappa shape index (κ3) is 3.81. The van der Waals surface area contributed by atoms with Gasteiger partial charge in [-0.3, -0.25) is 4.79 Å². The Bertz CT molecular complexity index is 1350. The summed E-state index contributed by atoms with van der Waals surface area (Å²) in [7, 11) is 1.56. The maximum Gasteiger partial charge on any atom is 0.348 e. The van der Waals surface area contributed by atoms with Gasteiger partial charge in [0.25, 0.3) is 5.91 Å². The van der Waals surface area contributed by atoms with E-state index >= 15 is 0 Å². The molecule has 0 saturated heterocycles. The fraction of sp³-hybridized carbons (Fsp3) is 0.136. The quantitative estimate of drug-likeness (QED) is 0.439. The summed E-state index contributed by atoms with van der Waals surface area (Å²) in [5.74, 6) is -1.13. The molecule has 0 radical (unpaired) electrons. The Morgan fingerprint density at radius 1 is 1.12 bits per heavy atom. The summed E-state index contributed by atoms with van der Waals surface area (Å²) >= 11 is 0. The van der Waals surface area contributed by atoms with Crippen LogP contribution in [0.2, 0.25) is 0 Å². The minimum atomic E-state index is -0.505. The smallest absolute Gasteiger partial charge is 0.348 e. The van der Waals surface area contributed by atoms with E-state index in [4.69, 9.17) is 0 Å². The normalized spacial score (nSPS) is 10.8. The number of rotatable bonds is 5. The molecule has 2 aromatic carbocycles. The van der Waals surface area contributed by atoms with Gasteiger partial charge in [0.05, 0.1) is 29.1 Å². The molecule has 0 atom stereocenters. The van der Waals surface area contributed by atoms with E-state index in [-0.39, 0.29) is 29.2 Å². The number of hydrogen-bond donors (Lipinski definition) is 3. The number of phenols is 2. The van der Waals surface area contributed by atoms with Gasteiger partial charge in [0.2, 0.25) is 0 Å². The third-order valence-electron chi connectivity index (χ3n) is 4.99. The summed E-state index contributed by atoms with van der Waals surface area (Å²) in [5.41, 5.74) is 1.51. The fourth-order valence-electron chi connectivity index (χ4n) is 3.38. The van der Waals surface area contributed by atoms with Crippen molar-refractivity contribution in [3.05, 3.63) is 82.0 Å². The van der Waals surface area contributed by atoms with E-state index in [2.05, 4.69) is 20.4 Å². The topological polar surface area (TPSA) is 137 Å². The van der Waals surface area contributed by atoms with E-state index in [1.54, 1.807) is 31.3 Å². The van der Waals surface area contributed by atoms with Crippen LogP contribution >= 0.6 is 0 Å². The number of aromatic amines is 1. The number of para-hydroxylation sites is 1. The zero-order valence-electron chi connectivity index (χ0n) is 17.4. The highest BCUT2D eigenvalue weighted by Gasteiger charge is 2.23. The number of aromatic hydroxyl groups is 2. The van der Waals surface area contributed by atoms with Crippen LogP contribution < -0.4 is 5.69 Å². The van der Waals surface area contributed by atoms with Gasteiger partial charge in [-0.05, 0) is 36.8 Å². The second-order valence-corrected chi connectivity index (χ2v) is 7.24. The number of nitrogens with one attached hydrogen (secondary N) is 1. The van der Waals surface area contributed by atoms with E-state index in [9.17, 15) is 19.8 Å². The van der Waals surface area contributed by atoms with Gasteiger partial charge in [-0.15, -0.1) is 0 Å². The van der Waals surface area contributed by atoms with Crippen LogP contribution in [0.25, 0.3) is 17.1 Å². The molecule has 0 aliphatic rings. The molecule has 1 amide bonds. The average molecular weight is 432 g/mol. The lowest BCUT2D eigenvalue weighted by atomic mass is 10.1. The molecular formula is C22H20N6O4. The fourth-order valence-corrected chi connectivity index (χ4v) is 3.38. The van der Waals surface area contributed by atoms with E-state index in [1.807, 2.05) is 19.1 Å².